The van der Waals surface area contributed by atoms with E-state index in [-0.39, 0.29) is 0 Å². The van der Waals surface area contributed by atoms with Crippen molar-refractivity contribution in [1.29, 1.82) is 0 Å². The summed E-state index contributed by atoms with van der Waals surface area (Å²) in [6, 6.07) is 28.0. The summed E-state index contributed by atoms with van der Waals surface area (Å²) in [6.07, 6.45) is 16.7. The molecule has 1 atom stereocenters. The van der Waals surface area contributed by atoms with Crippen LogP contribution in [0.1, 0.15) is 6.42 Å². The maximum Gasteiger partial charge on any atom is 0.147 e. The first-order valence-corrected chi connectivity index (χ1v) is 12.5. The second-order valence-electron chi connectivity index (χ2n) is 9.62. The summed E-state index contributed by atoms with van der Waals surface area (Å²) in [5.41, 5.74) is 8.33. The van der Waals surface area contributed by atoms with Crippen LogP contribution >= 0.6 is 0 Å². The van der Waals surface area contributed by atoms with E-state index in [1.165, 1.54) is 49.4 Å². The maximum atomic E-state index is 5.09. The molecule has 3 heterocycles. The van der Waals surface area contributed by atoms with Gasteiger partial charge in [-0.15, -0.1) is 0 Å². The van der Waals surface area contributed by atoms with Gasteiger partial charge in [-0.05, 0) is 42.3 Å². The number of fused-ring (bicyclic) bond motifs is 8. The lowest BCUT2D eigenvalue weighted by Gasteiger charge is -2.22. The highest BCUT2D eigenvalue weighted by molar-refractivity contribution is 6.25. The van der Waals surface area contributed by atoms with E-state index < -0.39 is 0 Å². The van der Waals surface area contributed by atoms with Gasteiger partial charge in [-0.1, -0.05) is 85.0 Å². The number of hydrogen-bond donors (Lipinski definition) is 0. The first-order chi connectivity index (χ1) is 17.9. The molecule has 36 heavy (non-hydrogen) atoms. The lowest BCUT2D eigenvalue weighted by Crippen LogP contribution is -2.08. The predicted molar refractivity (Wildman–Crippen MR) is 150 cm³/mol. The van der Waals surface area contributed by atoms with Crippen molar-refractivity contribution in [3.8, 4) is 5.69 Å². The summed E-state index contributed by atoms with van der Waals surface area (Å²) in [5, 5.41) is 4.85. The third kappa shape index (κ3) is 2.65. The van der Waals surface area contributed by atoms with Gasteiger partial charge in [0.25, 0.3) is 0 Å². The molecule has 0 saturated carbocycles. The number of benzene rings is 3. The number of nitrogens with zero attached hydrogens (tertiary/aromatic N) is 3. The normalized spacial score (nSPS) is 17.2. The van der Waals surface area contributed by atoms with Gasteiger partial charge in [0.2, 0.25) is 0 Å². The van der Waals surface area contributed by atoms with Gasteiger partial charge in [0.15, 0.2) is 0 Å². The molecule has 2 aliphatic rings. The van der Waals surface area contributed by atoms with Crippen molar-refractivity contribution >= 4 is 49.4 Å². The molecule has 0 radical (unpaired) electrons. The smallest absolute Gasteiger partial charge is 0.147 e. The first kappa shape index (κ1) is 19.7. The Hall–Kier alpha value is -4.63. The summed E-state index contributed by atoms with van der Waals surface area (Å²) < 4.78 is 4.76. The van der Waals surface area contributed by atoms with Gasteiger partial charge in [0.05, 0.1) is 21.9 Å². The van der Waals surface area contributed by atoms with E-state index in [4.69, 9.17) is 4.98 Å². The molecule has 3 heteroatoms. The van der Waals surface area contributed by atoms with Crippen LogP contribution in [-0.4, -0.2) is 14.1 Å². The standard InChI is InChI=1S/C33H23N3/c1-2-12-24(13-3-1)36-30-17-9-7-15-27(30)31-32-28(21-34-33(31)36)26-14-6-8-16-29(26)35(32)25-19-18-22-10-4-5-11-23(22)20-25/h1-17,19-22H,18H2. The van der Waals surface area contributed by atoms with Crippen molar-refractivity contribution in [2.75, 3.05) is 0 Å². The molecule has 0 aliphatic heterocycles. The Morgan fingerprint density at radius 3 is 2.33 bits per heavy atom. The molecule has 0 bridgehead atoms. The van der Waals surface area contributed by atoms with Crippen molar-refractivity contribution < 1.29 is 0 Å². The third-order valence-corrected chi connectivity index (χ3v) is 7.66. The van der Waals surface area contributed by atoms with Crippen LogP contribution in [0.2, 0.25) is 0 Å². The fraction of sp³-hybridized carbons (Fsp3) is 0.0606. The van der Waals surface area contributed by atoms with Crippen molar-refractivity contribution in [1.82, 2.24) is 14.1 Å². The van der Waals surface area contributed by atoms with E-state index in [1.807, 2.05) is 0 Å². The molecule has 0 spiro atoms. The molecular weight excluding hydrogens is 438 g/mol. The molecule has 0 saturated heterocycles. The Labute approximate surface area is 208 Å². The lowest BCUT2D eigenvalue weighted by atomic mass is 9.87. The molecule has 170 valence electrons. The van der Waals surface area contributed by atoms with E-state index in [1.54, 1.807) is 0 Å². The topological polar surface area (TPSA) is 22.8 Å². The van der Waals surface area contributed by atoms with Crippen LogP contribution in [0, 0.1) is 5.92 Å². The Bertz CT molecular complexity index is 1960. The second kappa shape index (κ2) is 7.43. The van der Waals surface area contributed by atoms with Gasteiger partial charge in [0.1, 0.15) is 5.65 Å². The van der Waals surface area contributed by atoms with Crippen molar-refractivity contribution in [3.05, 3.63) is 127 Å². The molecular formula is C33H23N3. The maximum absolute atomic E-state index is 5.09. The van der Waals surface area contributed by atoms with Gasteiger partial charge < -0.3 is 4.57 Å². The Morgan fingerprint density at radius 2 is 1.47 bits per heavy atom. The van der Waals surface area contributed by atoms with Crippen LogP contribution in [0.25, 0.3) is 55.1 Å². The zero-order valence-corrected chi connectivity index (χ0v) is 19.7. The van der Waals surface area contributed by atoms with Crippen LogP contribution in [0.3, 0.4) is 0 Å². The van der Waals surface area contributed by atoms with Crippen molar-refractivity contribution in [2.45, 2.75) is 6.42 Å². The minimum absolute atomic E-state index is 0.466. The molecule has 3 aromatic carbocycles. The quantitative estimate of drug-likeness (QED) is 0.255. The van der Waals surface area contributed by atoms with Crippen molar-refractivity contribution in [2.24, 2.45) is 5.92 Å². The third-order valence-electron chi connectivity index (χ3n) is 7.66. The van der Waals surface area contributed by atoms with E-state index >= 15 is 0 Å². The molecule has 0 amide bonds. The first-order valence-electron chi connectivity index (χ1n) is 12.5. The fourth-order valence-corrected chi connectivity index (χ4v) is 6.06. The fourth-order valence-electron chi connectivity index (χ4n) is 6.06. The predicted octanol–water partition coefficient (Wildman–Crippen LogP) is 8.20. The highest BCUT2D eigenvalue weighted by atomic mass is 15.1. The van der Waals surface area contributed by atoms with Gasteiger partial charge in [-0.3, -0.25) is 4.57 Å². The van der Waals surface area contributed by atoms with E-state index in [2.05, 4.69) is 131 Å². The Balaban J connectivity index is 1.55. The van der Waals surface area contributed by atoms with Crippen LogP contribution < -0.4 is 0 Å². The molecule has 1 unspecified atom stereocenters. The van der Waals surface area contributed by atoms with Crippen LogP contribution in [0.15, 0.2) is 127 Å². The van der Waals surface area contributed by atoms with Gasteiger partial charge in [-0.25, -0.2) is 4.98 Å². The lowest BCUT2D eigenvalue weighted by molar-refractivity contribution is 0.777. The highest BCUT2D eigenvalue weighted by Gasteiger charge is 2.23. The minimum atomic E-state index is 0.466. The molecule has 6 aromatic rings. The zero-order valence-electron chi connectivity index (χ0n) is 19.7. The summed E-state index contributed by atoms with van der Waals surface area (Å²) >= 11 is 0. The zero-order chi connectivity index (χ0) is 23.6. The van der Waals surface area contributed by atoms with Crippen LogP contribution in [0.4, 0.5) is 0 Å². The number of allylic oxidation sites excluding steroid dienone is 8. The largest absolute Gasteiger partial charge is 0.309 e. The number of hydrogen-bond acceptors (Lipinski definition) is 1. The van der Waals surface area contributed by atoms with E-state index in [9.17, 15) is 0 Å². The van der Waals surface area contributed by atoms with Gasteiger partial charge in [-0.2, -0.15) is 0 Å². The monoisotopic (exact) mass is 461 g/mol. The number of para-hydroxylation sites is 3. The average Bonchev–Trinajstić information content (AvgIpc) is 3.46. The Kier molecular flexibility index (Phi) is 4.06. The highest BCUT2D eigenvalue weighted by Crippen LogP contribution is 2.42. The van der Waals surface area contributed by atoms with Gasteiger partial charge >= 0.3 is 0 Å². The van der Waals surface area contributed by atoms with Crippen LogP contribution in [0.5, 0.6) is 0 Å². The summed E-state index contributed by atoms with van der Waals surface area (Å²) in [4.78, 5) is 5.09. The molecule has 3 aromatic heterocycles. The number of aromatic nitrogens is 3. The second-order valence-corrected chi connectivity index (χ2v) is 9.62. The molecule has 3 nitrogen and oxygen atoms in total. The molecule has 8 rings (SSSR count). The summed E-state index contributed by atoms with van der Waals surface area (Å²) in [6.45, 7) is 0. The number of rotatable bonds is 2. The minimum Gasteiger partial charge on any atom is -0.309 e. The van der Waals surface area contributed by atoms with E-state index in [0.717, 1.165) is 17.8 Å². The van der Waals surface area contributed by atoms with Gasteiger partial charge in [0, 0.05) is 39.7 Å². The van der Waals surface area contributed by atoms with Crippen LogP contribution in [-0.2, 0) is 0 Å². The molecule has 2 aliphatic carbocycles. The SMILES string of the molecule is C1=CC2=CC(n3c4ccccc4c4cnc5c(c6ccccc6n5-c5ccccc5)c43)=CCC2C=C1. The summed E-state index contributed by atoms with van der Waals surface area (Å²) in [7, 11) is 0. The average molecular weight is 462 g/mol. The summed E-state index contributed by atoms with van der Waals surface area (Å²) in [5.74, 6) is 0.466. The molecule has 0 N–H and O–H groups in total. The number of pyridine rings is 1. The van der Waals surface area contributed by atoms with Crippen molar-refractivity contribution in [3.63, 3.8) is 0 Å². The Morgan fingerprint density at radius 1 is 0.722 bits per heavy atom. The van der Waals surface area contributed by atoms with E-state index in [0.29, 0.717) is 5.92 Å². The molecule has 0 fully saturated rings.